The van der Waals surface area contributed by atoms with Crippen molar-refractivity contribution in [2.75, 3.05) is 18.0 Å². The van der Waals surface area contributed by atoms with Gasteiger partial charge in [0.25, 0.3) is 11.8 Å². The van der Waals surface area contributed by atoms with Gasteiger partial charge in [0.05, 0.1) is 12.2 Å². The number of hydrogen-bond donors (Lipinski definition) is 1. The molecule has 7 heteroatoms. The molecular weight excluding hydrogens is 418 g/mol. The Kier molecular flexibility index (Phi) is 7.42. The maximum atomic E-state index is 13.1. The normalized spacial score (nSPS) is 13.7. The van der Waals surface area contributed by atoms with E-state index < -0.39 is 11.8 Å². The zero-order chi connectivity index (χ0) is 22.5. The van der Waals surface area contributed by atoms with Crippen LogP contribution >= 0.6 is 0 Å². The molecule has 1 N–H and O–H groups in total. The molecule has 0 aliphatic carbocycles. The molecule has 0 fully saturated rings. The smallest absolute Gasteiger partial charge is 0.253 e. The van der Waals surface area contributed by atoms with E-state index in [2.05, 4.69) is 17.2 Å². The molecule has 33 heavy (non-hydrogen) atoms. The Morgan fingerprint density at radius 1 is 0.909 bits per heavy atom. The second-order valence-electron chi connectivity index (χ2n) is 7.42. The highest BCUT2D eigenvalue weighted by Gasteiger charge is 2.24. The quantitative estimate of drug-likeness (QED) is 0.547. The molecular formula is C26H27N3O4. The summed E-state index contributed by atoms with van der Waals surface area (Å²) in [6.07, 6.45) is 2.47. The summed E-state index contributed by atoms with van der Waals surface area (Å²) < 4.78 is 0. The van der Waals surface area contributed by atoms with E-state index in [0.29, 0.717) is 6.54 Å². The van der Waals surface area contributed by atoms with E-state index in [1.54, 1.807) is 4.90 Å². The highest BCUT2D eigenvalue weighted by atomic mass is 16.2. The molecule has 2 aromatic rings. The molecule has 4 rings (SSSR count). The van der Waals surface area contributed by atoms with Gasteiger partial charge in [-0.05, 0) is 23.8 Å². The van der Waals surface area contributed by atoms with Gasteiger partial charge < -0.3 is 10.2 Å². The van der Waals surface area contributed by atoms with Crippen LogP contribution in [0.1, 0.15) is 38.4 Å². The number of nitrogens with zero attached hydrogens (tertiary/aromatic N) is 2. The van der Waals surface area contributed by atoms with E-state index in [4.69, 9.17) is 0 Å². The summed E-state index contributed by atoms with van der Waals surface area (Å²) in [6, 6.07) is 15.2. The summed E-state index contributed by atoms with van der Waals surface area (Å²) in [4.78, 5) is 51.0. The number of carbonyl (C=O) groups excluding carboxylic acids is 4. The molecule has 4 amide bonds. The topological polar surface area (TPSA) is 86.8 Å². The SMILES string of the molecule is C.O=C(CCN1C(=O)C=CC1=O)NCCC(=O)N1Cc2ccccc2C#Cc2ccccc21.[HH]. The standard InChI is InChI=1S/C25H21N3O4.CH4.H2/c29-22(14-16-27-23(30)11-12-24(27)31)26-15-13-25(32)28-17-20-7-2-1-5-18(20)9-10-19-6-3-4-8-21(19)28;;/h1-8,11-12H,13-17H2,(H,26,29);1H4;1H. The Morgan fingerprint density at radius 2 is 1.55 bits per heavy atom. The van der Waals surface area contributed by atoms with Crippen LogP contribution in [0.25, 0.3) is 0 Å². The number of hydrogen-bond acceptors (Lipinski definition) is 4. The molecule has 2 aliphatic rings. The average Bonchev–Trinajstić information content (AvgIpc) is 3.11. The number of para-hydroxylation sites is 1. The van der Waals surface area contributed by atoms with Gasteiger partial charge in [-0.15, -0.1) is 0 Å². The Labute approximate surface area is 194 Å². The van der Waals surface area contributed by atoms with Crippen LogP contribution in [-0.2, 0) is 25.7 Å². The molecule has 7 nitrogen and oxygen atoms in total. The summed E-state index contributed by atoms with van der Waals surface area (Å²) in [6.45, 7) is 0.560. The van der Waals surface area contributed by atoms with Crippen LogP contribution in [0.5, 0.6) is 0 Å². The molecule has 0 bridgehead atoms. The molecule has 0 aromatic heterocycles. The average molecular weight is 446 g/mol. The summed E-state index contributed by atoms with van der Waals surface area (Å²) >= 11 is 0. The molecule has 0 saturated carbocycles. The van der Waals surface area contributed by atoms with Crippen molar-refractivity contribution in [1.29, 1.82) is 0 Å². The van der Waals surface area contributed by atoms with Crippen molar-refractivity contribution in [3.05, 3.63) is 77.4 Å². The lowest BCUT2D eigenvalue weighted by Crippen LogP contribution is -2.37. The van der Waals surface area contributed by atoms with Crippen LogP contribution in [0.3, 0.4) is 0 Å². The second-order valence-corrected chi connectivity index (χ2v) is 7.42. The fourth-order valence-corrected chi connectivity index (χ4v) is 3.60. The molecule has 2 aromatic carbocycles. The van der Waals surface area contributed by atoms with Crippen molar-refractivity contribution < 1.29 is 20.6 Å². The Morgan fingerprint density at radius 3 is 2.30 bits per heavy atom. The van der Waals surface area contributed by atoms with Gasteiger partial charge in [0.1, 0.15) is 0 Å². The predicted octanol–water partition coefficient (Wildman–Crippen LogP) is 2.64. The van der Waals surface area contributed by atoms with Gasteiger partial charge in [-0.2, -0.15) is 0 Å². The van der Waals surface area contributed by atoms with Crippen LogP contribution in [0.15, 0.2) is 60.7 Å². The lowest BCUT2D eigenvalue weighted by atomic mass is 10.0. The summed E-state index contributed by atoms with van der Waals surface area (Å²) in [5, 5.41) is 2.69. The van der Waals surface area contributed by atoms with E-state index in [-0.39, 0.29) is 46.6 Å². The maximum absolute atomic E-state index is 13.1. The van der Waals surface area contributed by atoms with Gasteiger partial charge in [0.15, 0.2) is 0 Å². The van der Waals surface area contributed by atoms with Gasteiger partial charge in [-0.1, -0.05) is 49.6 Å². The summed E-state index contributed by atoms with van der Waals surface area (Å²) in [7, 11) is 0. The van der Waals surface area contributed by atoms with Crippen LogP contribution in [0, 0.1) is 11.8 Å². The number of rotatable bonds is 6. The molecule has 0 saturated heterocycles. The van der Waals surface area contributed by atoms with Crippen molar-refractivity contribution in [2.24, 2.45) is 0 Å². The van der Waals surface area contributed by atoms with Gasteiger partial charge in [0, 0.05) is 50.6 Å². The Bertz CT molecular complexity index is 1180. The van der Waals surface area contributed by atoms with Crippen LogP contribution in [0.2, 0.25) is 0 Å². The predicted molar refractivity (Wildman–Crippen MR) is 127 cm³/mol. The molecule has 0 radical (unpaired) electrons. The van der Waals surface area contributed by atoms with Crippen LogP contribution < -0.4 is 10.2 Å². The molecule has 0 atom stereocenters. The van der Waals surface area contributed by atoms with Crippen molar-refractivity contribution in [3.63, 3.8) is 0 Å². The fourth-order valence-electron chi connectivity index (χ4n) is 3.60. The Balaban J connectivity index is 0.00000204. The van der Waals surface area contributed by atoms with Crippen LogP contribution in [-0.4, -0.2) is 41.6 Å². The summed E-state index contributed by atoms with van der Waals surface area (Å²) in [5.74, 6) is 5.04. The number of amides is 4. The highest BCUT2D eigenvalue weighted by Crippen LogP contribution is 2.25. The zero-order valence-corrected chi connectivity index (χ0v) is 17.3. The lowest BCUT2D eigenvalue weighted by Gasteiger charge is -2.26. The monoisotopic (exact) mass is 445 g/mol. The van der Waals surface area contributed by atoms with Gasteiger partial charge in [-0.25, -0.2) is 0 Å². The third-order valence-corrected chi connectivity index (χ3v) is 5.30. The van der Waals surface area contributed by atoms with E-state index in [9.17, 15) is 19.2 Å². The highest BCUT2D eigenvalue weighted by molar-refractivity contribution is 6.13. The van der Waals surface area contributed by atoms with Crippen molar-refractivity contribution in [2.45, 2.75) is 26.8 Å². The lowest BCUT2D eigenvalue weighted by molar-refractivity contribution is -0.137. The van der Waals surface area contributed by atoms with Gasteiger partial charge >= 0.3 is 0 Å². The number of benzene rings is 2. The van der Waals surface area contributed by atoms with E-state index in [1.807, 2.05) is 48.5 Å². The maximum Gasteiger partial charge on any atom is 0.253 e. The largest absolute Gasteiger partial charge is 0.356 e. The van der Waals surface area contributed by atoms with Crippen molar-refractivity contribution in [1.82, 2.24) is 10.2 Å². The third-order valence-electron chi connectivity index (χ3n) is 5.30. The number of carbonyl (C=O) groups is 4. The number of fused-ring (bicyclic) bond motifs is 2. The van der Waals surface area contributed by atoms with Crippen molar-refractivity contribution >= 4 is 29.3 Å². The minimum Gasteiger partial charge on any atom is -0.356 e. The minimum absolute atomic E-state index is 0. The van der Waals surface area contributed by atoms with E-state index >= 15 is 0 Å². The third kappa shape index (κ3) is 5.36. The second kappa shape index (κ2) is 10.4. The first-order valence-corrected chi connectivity index (χ1v) is 10.3. The van der Waals surface area contributed by atoms with Gasteiger partial charge in [0.2, 0.25) is 11.8 Å². The molecule has 0 spiro atoms. The number of anilines is 1. The molecule has 170 valence electrons. The molecule has 2 aliphatic heterocycles. The van der Waals surface area contributed by atoms with Crippen LogP contribution in [0.4, 0.5) is 5.69 Å². The fraction of sp³-hybridized carbons (Fsp3) is 0.231. The van der Waals surface area contributed by atoms with E-state index in [0.717, 1.165) is 27.3 Å². The first-order chi connectivity index (χ1) is 15.5. The molecule has 0 unspecified atom stereocenters. The number of nitrogens with one attached hydrogen (secondary N) is 1. The van der Waals surface area contributed by atoms with E-state index in [1.165, 1.54) is 12.2 Å². The first kappa shape index (κ1) is 23.5. The van der Waals surface area contributed by atoms with Crippen molar-refractivity contribution in [3.8, 4) is 11.8 Å². The first-order valence-electron chi connectivity index (χ1n) is 10.3. The molecule has 2 heterocycles. The summed E-state index contributed by atoms with van der Waals surface area (Å²) in [5.41, 5.74) is 3.35. The number of imide groups is 1. The zero-order valence-electron chi connectivity index (χ0n) is 17.3. The van der Waals surface area contributed by atoms with Gasteiger partial charge in [-0.3, -0.25) is 24.1 Å². The Hall–Kier alpha value is -4.18. The minimum atomic E-state index is -0.419.